The SMILES string of the molecule is CCOc1ccccc1C=CC(=O)OC(OCC)OCC. The molecule has 0 radical (unpaired) electrons. The molecule has 0 fully saturated rings. The van der Waals surface area contributed by atoms with Gasteiger partial charge in [0.2, 0.25) is 0 Å². The van der Waals surface area contributed by atoms with Crippen LogP contribution in [0.1, 0.15) is 26.3 Å². The smallest absolute Gasteiger partial charge is 0.334 e. The number of carbonyl (C=O) groups excluding carboxylic acids is 1. The van der Waals surface area contributed by atoms with Gasteiger partial charge in [-0.3, -0.25) is 0 Å². The fourth-order valence-electron chi connectivity index (χ4n) is 1.59. The highest BCUT2D eigenvalue weighted by molar-refractivity contribution is 5.87. The van der Waals surface area contributed by atoms with Crippen molar-refractivity contribution in [3.05, 3.63) is 35.9 Å². The summed E-state index contributed by atoms with van der Waals surface area (Å²) in [6.07, 6.45) is 2.96. The molecule has 5 nitrogen and oxygen atoms in total. The molecule has 0 spiro atoms. The van der Waals surface area contributed by atoms with Gasteiger partial charge < -0.3 is 18.9 Å². The van der Waals surface area contributed by atoms with Crippen molar-refractivity contribution < 1.29 is 23.7 Å². The fraction of sp³-hybridized carbons (Fsp3) is 0.438. The summed E-state index contributed by atoms with van der Waals surface area (Å²) in [4.78, 5) is 11.7. The summed E-state index contributed by atoms with van der Waals surface area (Å²) in [6.45, 7) is 5.89. The number of rotatable bonds is 9. The lowest BCUT2D eigenvalue weighted by molar-refractivity contribution is -0.269. The first-order chi connectivity index (χ1) is 10.2. The Morgan fingerprint density at radius 1 is 1.10 bits per heavy atom. The van der Waals surface area contributed by atoms with Crippen molar-refractivity contribution in [2.75, 3.05) is 19.8 Å². The first kappa shape index (κ1) is 17.2. The molecular weight excluding hydrogens is 272 g/mol. The number of hydrogen-bond donors (Lipinski definition) is 0. The van der Waals surface area contributed by atoms with Gasteiger partial charge in [-0.2, -0.15) is 0 Å². The molecule has 0 aliphatic carbocycles. The zero-order valence-electron chi connectivity index (χ0n) is 12.7. The van der Waals surface area contributed by atoms with E-state index in [0.717, 1.165) is 11.3 Å². The minimum atomic E-state index is -0.973. The number of esters is 1. The third-order valence-electron chi connectivity index (χ3n) is 2.44. The zero-order chi connectivity index (χ0) is 15.5. The van der Waals surface area contributed by atoms with Crippen LogP contribution >= 0.6 is 0 Å². The van der Waals surface area contributed by atoms with E-state index in [0.29, 0.717) is 19.8 Å². The maximum Gasteiger partial charge on any atom is 0.334 e. The van der Waals surface area contributed by atoms with Gasteiger partial charge in [0.1, 0.15) is 5.75 Å². The van der Waals surface area contributed by atoms with Crippen LogP contribution in [0.5, 0.6) is 5.75 Å². The molecule has 116 valence electrons. The zero-order valence-corrected chi connectivity index (χ0v) is 12.7. The molecule has 1 aromatic rings. The van der Waals surface area contributed by atoms with Gasteiger partial charge in [0.15, 0.2) is 0 Å². The van der Waals surface area contributed by atoms with Crippen LogP contribution in [0.15, 0.2) is 30.3 Å². The Morgan fingerprint density at radius 3 is 2.38 bits per heavy atom. The molecule has 1 rings (SSSR count). The average molecular weight is 294 g/mol. The highest BCUT2D eigenvalue weighted by atomic mass is 16.9. The molecule has 5 heteroatoms. The first-order valence-corrected chi connectivity index (χ1v) is 7.04. The third-order valence-corrected chi connectivity index (χ3v) is 2.44. The van der Waals surface area contributed by atoms with Gasteiger partial charge >= 0.3 is 12.4 Å². The van der Waals surface area contributed by atoms with E-state index in [4.69, 9.17) is 18.9 Å². The van der Waals surface area contributed by atoms with Gasteiger partial charge in [0.05, 0.1) is 19.8 Å². The van der Waals surface area contributed by atoms with Crippen LogP contribution in [0.3, 0.4) is 0 Å². The number of carbonyl (C=O) groups is 1. The number of ether oxygens (including phenoxy) is 4. The lowest BCUT2D eigenvalue weighted by Crippen LogP contribution is -2.23. The van der Waals surface area contributed by atoms with Crippen LogP contribution in [0.4, 0.5) is 0 Å². The summed E-state index contributed by atoms with van der Waals surface area (Å²) in [7, 11) is 0. The Hall–Kier alpha value is -1.85. The van der Waals surface area contributed by atoms with Gasteiger partial charge in [-0.15, -0.1) is 0 Å². The summed E-state index contributed by atoms with van der Waals surface area (Å²) in [5, 5.41) is 0. The normalized spacial score (nSPS) is 11.0. The van der Waals surface area contributed by atoms with E-state index < -0.39 is 12.4 Å². The number of hydrogen-bond acceptors (Lipinski definition) is 5. The number of para-hydroxylation sites is 1. The summed E-state index contributed by atoms with van der Waals surface area (Å²) in [6, 6.07) is 7.45. The molecule has 0 saturated heterocycles. The number of benzene rings is 1. The molecule has 0 aliphatic rings. The summed E-state index contributed by atoms with van der Waals surface area (Å²) < 4.78 is 20.8. The average Bonchev–Trinajstić information content (AvgIpc) is 2.47. The molecule has 0 bridgehead atoms. The van der Waals surface area contributed by atoms with Crippen molar-refractivity contribution in [3.8, 4) is 5.75 Å². The fourth-order valence-corrected chi connectivity index (χ4v) is 1.59. The minimum absolute atomic E-state index is 0.398. The van der Waals surface area contributed by atoms with Crippen LogP contribution in [0, 0.1) is 0 Å². The van der Waals surface area contributed by atoms with Crippen LogP contribution in [0.2, 0.25) is 0 Å². The largest absolute Gasteiger partial charge is 0.493 e. The van der Waals surface area contributed by atoms with E-state index in [1.807, 2.05) is 31.2 Å². The Morgan fingerprint density at radius 2 is 1.76 bits per heavy atom. The maximum atomic E-state index is 11.7. The molecule has 0 atom stereocenters. The maximum absolute atomic E-state index is 11.7. The molecule has 1 aromatic carbocycles. The predicted molar refractivity (Wildman–Crippen MR) is 79.8 cm³/mol. The molecule has 21 heavy (non-hydrogen) atoms. The van der Waals surface area contributed by atoms with Gasteiger partial charge in [0, 0.05) is 11.6 Å². The van der Waals surface area contributed by atoms with Crippen molar-refractivity contribution in [1.82, 2.24) is 0 Å². The summed E-state index contributed by atoms with van der Waals surface area (Å²) in [5.74, 6) is 0.184. The second-order valence-corrected chi connectivity index (χ2v) is 3.94. The van der Waals surface area contributed by atoms with Crippen LogP contribution < -0.4 is 4.74 Å². The van der Waals surface area contributed by atoms with Crippen molar-refractivity contribution in [3.63, 3.8) is 0 Å². The van der Waals surface area contributed by atoms with Crippen LogP contribution in [-0.4, -0.2) is 32.3 Å². The molecular formula is C16H22O5. The standard InChI is InChI=1S/C16H22O5/c1-4-18-14-10-8-7-9-13(14)11-12-15(17)21-16(19-5-2)20-6-3/h7-12,16H,4-6H2,1-3H3. The molecule has 0 unspecified atom stereocenters. The molecule has 0 heterocycles. The molecule has 0 aliphatic heterocycles. The highest BCUT2D eigenvalue weighted by Crippen LogP contribution is 2.19. The first-order valence-electron chi connectivity index (χ1n) is 7.04. The van der Waals surface area contributed by atoms with Crippen LogP contribution in [0.25, 0.3) is 6.08 Å². The second kappa shape index (κ2) is 9.96. The van der Waals surface area contributed by atoms with E-state index in [1.165, 1.54) is 6.08 Å². The van der Waals surface area contributed by atoms with Gasteiger partial charge in [-0.05, 0) is 32.9 Å². The van der Waals surface area contributed by atoms with E-state index in [1.54, 1.807) is 19.9 Å². The third kappa shape index (κ3) is 6.42. The second-order valence-electron chi connectivity index (χ2n) is 3.94. The Labute approximate surface area is 125 Å². The summed E-state index contributed by atoms with van der Waals surface area (Å²) in [5.41, 5.74) is 0.806. The molecule has 0 saturated carbocycles. The van der Waals surface area contributed by atoms with E-state index in [9.17, 15) is 4.79 Å². The Balaban J connectivity index is 2.64. The highest BCUT2D eigenvalue weighted by Gasteiger charge is 2.12. The Kier molecular flexibility index (Phi) is 8.16. The van der Waals surface area contributed by atoms with Crippen molar-refractivity contribution in [1.29, 1.82) is 0 Å². The summed E-state index contributed by atoms with van der Waals surface area (Å²) >= 11 is 0. The quantitative estimate of drug-likeness (QED) is 0.398. The minimum Gasteiger partial charge on any atom is -0.493 e. The predicted octanol–water partition coefficient (Wildman–Crippen LogP) is 3.00. The van der Waals surface area contributed by atoms with Crippen molar-refractivity contribution in [2.45, 2.75) is 27.2 Å². The van der Waals surface area contributed by atoms with Crippen LogP contribution in [-0.2, 0) is 19.0 Å². The van der Waals surface area contributed by atoms with Crippen molar-refractivity contribution in [2.24, 2.45) is 0 Å². The van der Waals surface area contributed by atoms with E-state index in [2.05, 4.69) is 0 Å². The lowest BCUT2D eigenvalue weighted by Gasteiger charge is -2.15. The lowest BCUT2D eigenvalue weighted by atomic mass is 10.2. The van der Waals surface area contributed by atoms with E-state index in [-0.39, 0.29) is 0 Å². The Bertz CT molecular complexity index is 450. The monoisotopic (exact) mass is 294 g/mol. The van der Waals surface area contributed by atoms with E-state index >= 15 is 0 Å². The van der Waals surface area contributed by atoms with Crippen molar-refractivity contribution >= 4 is 12.0 Å². The van der Waals surface area contributed by atoms with Gasteiger partial charge in [-0.25, -0.2) is 4.79 Å². The molecule has 0 N–H and O–H groups in total. The topological polar surface area (TPSA) is 54.0 Å². The molecule has 0 aromatic heterocycles. The van der Waals surface area contributed by atoms with Gasteiger partial charge in [-0.1, -0.05) is 18.2 Å². The molecule has 0 amide bonds. The van der Waals surface area contributed by atoms with Gasteiger partial charge in [0.25, 0.3) is 0 Å².